The van der Waals surface area contributed by atoms with Gasteiger partial charge in [-0.2, -0.15) is 0 Å². The van der Waals surface area contributed by atoms with E-state index in [9.17, 15) is 9.59 Å². The lowest BCUT2D eigenvalue weighted by Crippen LogP contribution is -2.45. The van der Waals surface area contributed by atoms with Crippen LogP contribution in [-0.4, -0.2) is 24.5 Å². The predicted octanol–water partition coefficient (Wildman–Crippen LogP) is 2.74. The van der Waals surface area contributed by atoms with Crippen molar-refractivity contribution in [1.82, 2.24) is 5.32 Å². The second kappa shape index (κ2) is 7.64. The van der Waals surface area contributed by atoms with Gasteiger partial charge in [0.05, 0.1) is 6.10 Å². The van der Waals surface area contributed by atoms with E-state index in [2.05, 4.69) is 17.2 Å². The number of rotatable bonds is 7. The summed E-state index contributed by atoms with van der Waals surface area (Å²) in [5, 5.41) is 5.37. The minimum Gasteiger partial charge on any atom is -0.491 e. The van der Waals surface area contributed by atoms with E-state index in [4.69, 9.17) is 4.74 Å². The highest BCUT2D eigenvalue weighted by molar-refractivity contribution is 6.09. The second-order valence-electron chi connectivity index (χ2n) is 5.77. The van der Waals surface area contributed by atoms with Crippen molar-refractivity contribution in [3.63, 3.8) is 0 Å². The Morgan fingerprint density at radius 3 is 2.32 bits per heavy atom. The molecule has 0 fully saturated rings. The number of carbonyl (C=O) groups is 2. The maximum Gasteiger partial charge on any atom is 0.239 e. The van der Waals surface area contributed by atoms with Crippen LogP contribution >= 0.6 is 0 Å². The topological polar surface area (TPSA) is 67.4 Å². The van der Waals surface area contributed by atoms with E-state index in [0.29, 0.717) is 12.2 Å². The maximum absolute atomic E-state index is 12.3. The van der Waals surface area contributed by atoms with Gasteiger partial charge < -0.3 is 15.4 Å². The summed E-state index contributed by atoms with van der Waals surface area (Å²) in [6, 6.07) is 7.04. The molecule has 0 bridgehead atoms. The first-order chi connectivity index (χ1) is 10.3. The summed E-state index contributed by atoms with van der Waals surface area (Å²) in [5.74, 6) is 0.0206. The number of benzene rings is 1. The lowest BCUT2D eigenvalue weighted by atomic mass is 9.91. The van der Waals surface area contributed by atoms with Crippen LogP contribution in [0.3, 0.4) is 0 Å². The summed E-state index contributed by atoms with van der Waals surface area (Å²) >= 11 is 0. The van der Waals surface area contributed by atoms with E-state index in [0.717, 1.165) is 5.75 Å². The molecule has 2 N–H and O–H groups in total. The number of carbonyl (C=O) groups excluding carboxylic acids is 2. The molecule has 2 amide bonds. The molecule has 0 atom stereocenters. The third kappa shape index (κ3) is 4.91. The zero-order chi connectivity index (χ0) is 16.8. The van der Waals surface area contributed by atoms with Gasteiger partial charge in [0.1, 0.15) is 11.2 Å². The average Bonchev–Trinajstić information content (AvgIpc) is 2.46. The van der Waals surface area contributed by atoms with Crippen LogP contribution < -0.4 is 15.4 Å². The molecule has 120 valence electrons. The Labute approximate surface area is 131 Å². The van der Waals surface area contributed by atoms with Crippen molar-refractivity contribution in [2.24, 2.45) is 5.41 Å². The van der Waals surface area contributed by atoms with E-state index in [1.165, 1.54) is 0 Å². The van der Waals surface area contributed by atoms with Gasteiger partial charge in [0.15, 0.2) is 0 Å². The van der Waals surface area contributed by atoms with Crippen molar-refractivity contribution >= 4 is 17.5 Å². The summed E-state index contributed by atoms with van der Waals surface area (Å²) in [4.78, 5) is 24.3. The van der Waals surface area contributed by atoms with E-state index in [1.54, 1.807) is 44.2 Å². The monoisotopic (exact) mass is 304 g/mol. The summed E-state index contributed by atoms with van der Waals surface area (Å²) in [5.41, 5.74) is -0.554. The molecular weight excluding hydrogens is 280 g/mol. The molecule has 0 saturated carbocycles. The Bertz CT molecular complexity index is 533. The number of amides is 2. The average molecular weight is 304 g/mol. The lowest BCUT2D eigenvalue weighted by molar-refractivity contribution is -0.138. The van der Waals surface area contributed by atoms with Gasteiger partial charge in [-0.1, -0.05) is 6.08 Å². The minimum absolute atomic E-state index is 0.0907. The smallest absolute Gasteiger partial charge is 0.239 e. The van der Waals surface area contributed by atoms with E-state index in [1.807, 2.05) is 13.8 Å². The van der Waals surface area contributed by atoms with Crippen LogP contribution in [-0.2, 0) is 9.59 Å². The Balaban J connectivity index is 2.70. The van der Waals surface area contributed by atoms with Crippen LogP contribution in [0.25, 0.3) is 0 Å². The zero-order valence-electron chi connectivity index (χ0n) is 13.6. The van der Waals surface area contributed by atoms with Crippen molar-refractivity contribution in [2.45, 2.75) is 33.8 Å². The Hall–Kier alpha value is -2.30. The van der Waals surface area contributed by atoms with E-state index >= 15 is 0 Å². The molecular formula is C17H24N2O3. The summed E-state index contributed by atoms with van der Waals surface area (Å²) in [6.07, 6.45) is 1.66. The third-order valence-corrected chi connectivity index (χ3v) is 3.03. The molecule has 0 aliphatic rings. The quantitative estimate of drug-likeness (QED) is 0.601. The molecule has 1 rings (SSSR count). The fourth-order valence-electron chi connectivity index (χ4n) is 1.67. The number of hydrogen-bond acceptors (Lipinski definition) is 3. The fourth-order valence-corrected chi connectivity index (χ4v) is 1.67. The predicted molar refractivity (Wildman–Crippen MR) is 87.8 cm³/mol. The zero-order valence-corrected chi connectivity index (χ0v) is 13.6. The Kier molecular flexibility index (Phi) is 6.16. The minimum atomic E-state index is -1.17. The summed E-state index contributed by atoms with van der Waals surface area (Å²) < 4.78 is 5.54. The molecule has 1 aromatic carbocycles. The standard InChI is InChI=1S/C17H24N2O3/c1-6-11-18-15(20)17(4,5)16(21)19-13-7-9-14(10-8-13)22-12(2)3/h6-10,12H,1,11H2,2-5H3,(H,18,20)(H,19,21). The van der Waals surface area contributed by atoms with Gasteiger partial charge in [-0.3, -0.25) is 9.59 Å². The molecule has 5 nitrogen and oxygen atoms in total. The number of nitrogens with one attached hydrogen (secondary N) is 2. The first kappa shape index (κ1) is 17.8. The van der Waals surface area contributed by atoms with Gasteiger partial charge in [-0.15, -0.1) is 6.58 Å². The molecule has 0 spiro atoms. The van der Waals surface area contributed by atoms with Gasteiger partial charge >= 0.3 is 0 Å². The molecule has 0 heterocycles. The highest BCUT2D eigenvalue weighted by Crippen LogP contribution is 2.21. The molecule has 0 radical (unpaired) electrons. The maximum atomic E-state index is 12.3. The van der Waals surface area contributed by atoms with Gasteiger partial charge in [0.25, 0.3) is 0 Å². The van der Waals surface area contributed by atoms with Crippen LogP contribution in [0.2, 0.25) is 0 Å². The Morgan fingerprint density at radius 2 is 1.82 bits per heavy atom. The molecule has 0 aliphatic carbocycles. The molecule has 0 saturated heterocycles. The van der Waals surface area contributed by atoms with Crippen molar-refractivity contribution in [2.75, 3.05) is 11.9 Å². The van der Waals surface area contributed by atoms with Crippen molar-refractivity contribution in [3.05, 3.63) is 36.9 Å². The highest BCUT2D eigenvalue weighted by atomic mass is 16.5. The van der Waals surface area contributed by atoms with Gasteiger partial charge in [0.2, 0.25) is 11.8 Å². The van der Waals surface area contributed by atoms with Crippen molar-refractivity contribution in [1.29, 1.82) is 0 Å². The summed E-state index contributed by atoms with van der Waals surface area (Å²) in [6.45, 7) is 10.9. The van der Waals surface area contributed by atoms with Gasteiger partial charge in [0, 0.05) is 12.2 Å². The lowest BCUT2D eigenvalue weighted by Gasteiger charge is -2.22. The van der Waals surface area contributed by atoms with Crippen LogP contribution in [0.4, 0.5) is 5.69 Å². The second-order valence-corrected chi connectivity index (χ2v) is 5.77. The molecule has 22 heavy (non-hydrogen) atoms. The van der Waals surface area contributed by atoms with Gasteiger partial charge in [-0.25, -0.2) is 0 Å². The Morgan fingerprint density at radius 1 is 1.23 bits per heavy atom. The van der Waals surface area contributed by atoms with Gasteiger partial charge in [-0.05, 0) is 52.0 Å². The molecule has 1 aromatic rings. The molecule has 0 aromatic heterocycles. The number of hydrogen-bond donors (Lipinski definition) is 2. The first-order valence-electron chi connectivity index (χ1n) is 7.24. The molecule has 0 aliphatic heterocycles. The highest BCUT2D eigenvalue weighted by Gasteiger charge is 2.35. The molecule has 5 heteroatoms. The van der Waals surface area contributed by atoms with Crippen LogP contribution in [0.1, 0.15) is 27.7 Å². The largest absolute Gasteiger partial charge is 0.491 e. The first-order valence-corrected chi connectivity index (χ1v) is 7.24. The van der Waals surface area contributed by atoms with Crippen LogP contribution in [0.15, 0.2) is 36.9 Å². The van der Waals surface area contributed by atoms with E-state index in [-0.39, 0.29) is 17.9 Å². The van der Waals surface area contributed by atoms with Crippen LogP contribution in [0, 0.1) is 5.41 Å². The van der Waals surface area contributed by atoms with Crippen molar-refractivity contribution < 1.29 is 14.3 Å². The number of anilines is 1. The third-order valence-electron chi connectivity index (χ3n) is 3.03. The van der Waals surface area contributed by atoms with E-state index < -0.39 is 5.41 Å². The van der Waals surface area contributed by atoms with Crippen molar-refractivity contribution in [3.8, 4) is 5.75 Å². The summed E-state index contributed by atoms with van der Waals surface area (Å²) in [7, 11) is 0. The van der Waals surface area contributed by atoms with Crippen LogP contribution in [0.5, 0.6) is 5.75 Å². The number of ether oxygens (including phenoxy) is 1. The SMILES string of the molecule is C=CCNC(=O)C(C)(C)C(=O)Nc1ccc(OC(C)C)cc1. The molecule has 0 unspecified atom stereocenters. The normalized spacial score (nSPS) is 11.0. The fraction of sp³-hybridized carbons (Fsp3) is 0.412.